The van der Waals surface area contributed by atoms with Crippen LogP contribution in [0.25, 0.3) is 0 Å². The number of carboxylic acid groups (broad SMARTS) is 1. The monoisotopic (exact) mass is 233 g/mol. The Labute approximate surface area is 97.1 Å². The molecule has 0 aliphatic carbocycles. The van der Waals surface area contributed by atoms with Gasteiger partial charge in [0.2, 0.25) is 0 Å². The number of rotatable bonds is 12. The second-order valence-corrected chi connectivity index (χ2v) is 3.56. The van der Waals surface area contributed by atoms with Crippen molar-refractivity contribution in [2.75, 3.05) is 40.0 Å². The van der Waals surface area contributed by atoms with E-state index in [0.717, 1.165) is 32.4 Å². The molecule has 5 nitrogen and oxygen atoms in total. The molecule has 0 radical (unpaired) electrons. The first kappa shape index (κ1) is 15.3. The second kappa shape index (κ2) is 12.4. The van der Waals surface area contributed by atoms with Gasteiger partial charge in [0.15, 0.2) is 0 Å². The Kier molecular flexibility index (Phi) is 11.9. The molecule has 0 saturated heterocycles. The molecule has 0 spiro atoms. The molecular formula is C11H23NO4. The lowest BCUT2D eigenvalue weighted by molar-refractivity contribution is -0.137. The first-order valence-electron chi connectivity index (χ1n) is 5.76. The van der Waals surface area contributed by atoms with Crippen LogP contribution in [-0.2, 0) is 14.3 Å². The van der Waals surface area contributed by atoms with Gasteiger partial charge in [-0.15, -0.1) is 0 Å². The molecule has 0 aliphatic heterocycles. The van der Waals surface area contributed by atoms with Crippen molar-refractivity contribution in [2.24, 2.45) is 0 Å². The van der Waals surface area contributed by atoms with E-state index in [1.807, 2.05) is 0 Å². The van der Waals surface area contributed by atoms with E-state index in [-0.39, 0.29) is 6.42 Å². The van der Waals surface area contributed by atoms with Gasteiger partial charge in [0.1, 0.15) is 0 Å². The first-order chi connectivity index (χ1) is 7.77. The summed E-state index contributed by atoms with van der Waals surface area (Å²) in [6.45, 7) is 3.72. The highest BCUT2D eigenvalue weighted by atomic mass is 16.5. The SMILES string of the molecule is COCCOCCNCCCCCC(=O)O. The Hall–Kier alpha value is -0.650. The third-order valence-corrected chi connectivity index (χ3v) is 2.10. The summed E-state index contributed by atoms with van der Waals surface area (Å²) in [5.41, 5.74) is 0. The third-order valence-electron chi connectivity index (χ3n) is 2.10. The van der Waals surface area contributed by atoms with E-state index in [2.05, 4.69) is 5.32 Å². The molecular weight excluding hydrogens is 210 g/mol. The molecule has 0 saturated carbocycles. The standard InChI is InChI=1S/C11H23NO4/c1-15-9-10-16-8-7-12-6-4-2-3-5-11(13)14/h12H,2-10H2,1H3,(H,13,14). The highest BCUT2D eigenvalue weighted by Gasteiger charge is 1.95. The summed E-state index contributed by atoms with van der Waals surface area (Å²) in [7, 11) is 1.65. The number of unbranched alkanes of at least 4 members (excludes halogenated alkanes) is 2. The summed E-state index contributed by atoms with van der Waals surface area (Å²) in [6.07, 6.45) is 3.02. The highest BCUT2D eigenvalue weighted by molar-refractivity contribution is 5.66. The lowest BCUT2D eigenvalue weighted by Crippen LogP contribution is -2.21. The van der Waals surface area contributed by atoms with Crippen LogP contribution in [0, 0.1) is 0 Å². The van der Waals surface area contributed by atoms with Crippen molar-refractivity contribution in [2.45, 2.75) is 25.7 Å². The van der Waals surface area contributed by atoms with E-state index in [9.17, 15) is 4.79 Å². The van der Waals surface area contributed by atoms with E-state index in [1.54, 1.807) is 7.11 Å². The number of methoxy groups -OCH3 is 1. The molecule has 2 N–H and O–H groups in total. The van der Waals surface area contributed by atoms with Gasteiger partial charge in [-0.1, -0.05) is 6.42 Å². The topological polar surface area (TPSA) is 67.8 Å². The maximum Gasteiger partial charge on any atom is 0.303 e. The lowest BCUT2D eigenvalue weighted by Gasteiger charge is -2.05. The van der Waals surface area contributed by atoms with Crippen LogP contribution in [-0.4, -0.2) is 51.1 Å². The van der Waals surface area contributed by atoms with Gasteiger partial charge in [-0.2, -0.15) is 0 Å². The van der Waals surface area contributed by atoms with Crippen molar-refractivity contribution < 1.29 is 19.4 Å². The Morgan fingerprint density at radius 2 is 1.94 bits per heavy atom. The van der Waals surface area contributed by atoms with Gasteiger partial charge >= 0.3 is 5.97 Å². The summed E-state index contributed by atoms with van der Waals surface area (Å²) in [6, 6.07) is 0. The number of hydrogen-bond donors (Lipinski definition) is 2. The van der Waals surface area contributed by atoms with Crippen LogP contribution in [0.15, 0.2) is 0 Å². The summed E-state index contributed by atoms with van der Waals surface area (Å²) < 4.78 is 10.1. The quantitative estimate of drug-likeness (QED) is 0.490. The van der Waals surface area contributed by atoms with Gasteiger partial charge in [0.05, 0.1) is 19.8 Å². The molecule has 0 aliphatic rings. The van der Waals surface area contributed by atoms with Crippen molar-refractivity contribution in [3.05, 3.63) is 0 Å². The molecule has 96 valence electrons. The number of hydrogen-bond acceptors (Lipinski definition) is 4. The second-order valence-electron chi connectivity index (χ2n) is 3.56. The predicted molar refractivity (Wildman–Crippen MR) is 61.7 cm³/mol. The zero-order chi connectivity index (χ0) is 12.1. The minimum atomic E-state index is -0.709. The van der Waals surface area contributed by atoms with Crippen LogP contribution in [0.4, 0.5) is 0 Å². The molecule has 0 aromatic heterocycles. The average molecular weight is 233 g/mol. The molecule has 0 unspecified atom stereocenters. The predicted octanol–water partition coefficient (Wildman–Crippen LogP) is 0.884. The van der Waals surface area contributed by atoms with Gasteiger partial charge in [0.25, 0.3) is 0 Å². The lowest BCUT2D eigenvalue weighted by atomic mass is 10.2. The number of nitrogens with one attached hydrogen (secondary N) is 1. The summed E-state index contributed by atoms with van der Waals surface area (Å²) in [5, 5.41) is 11.7. The summed E-state index contributed by atoms with van der Waals surface area (Å²) in [5.74, 6) is -0.709. The Bertz CT molecular complexity index is 164. The Morgan fingerprint density at radius 1 is 1.12 bits per heavy atom. The van der Waals surface area contributed by atoms with Crippen molar-refractivity contribution in [1.82, 2.24) is 5.32 Å². The number of carboxylic acids is 1. The number of aliphatic carboxylic acids is 1. The van der Waals surface area contributed by atoms with Gasteiger partial charge < -0.3 is 19.9 Å². The molecule has 0 amide bonds. The largest absolute Gasteiger partial charge is 0.481 e. The van der Waals surface area contributed by atoms with Crippen LogP contribution < -0.4 is 5.32 Å². The van der Waals surface area contributed by atoms with Crippen molar-refractivity contribution in [3.8, 4) is 0 Å². The molecule has 5 heteroatoms. The van der Waals surface area contributed by atoms with Crippen LogP contribution in [0.3, 0.4) is 0 Å². The van der Waals surface area contributed by atoms with Crippen LogP contribution >= 0.6 is 0 Å². The van der Waals surface area contributed by atoms with E-state index >= 15 is 0 Å². The first-order valence-corrected chi connectivity index (χ1v) is 5.76. The minimum absolute atomic E-state index is 0.278. The molecule has 0 rings (SSSR count). The molecule has 0 atom stereocenters. The van der Waals surface area contributed by atoms with Crippen molar-refractivity contribution in [1.29, 1.82) is 0 Å². The highest BCUT2D eigenvalue weighted by Crippen LogP contribution is 1.98. The van der Waals surface area contributed by atoms with Crippen LogP contribution in [0.1, 0.15) is 25.7 Å². The third kappa shape index (κ3) is 13.4. The Morgan fingerprint density at radius 3 is 2.62 bits per heavy atom. The zero-order valence-electron chi connectivity index (χ0n) is 10.0. The minimum Gasteiger partial charge on any atom is -0.481 e. The molecule has 0 fully saturated rings. The molecule has 16 heavy (non-hydrogen) atoms. The van der Waals surface area contributed by atoms with E-state index < -0.39 is 5.97 Å². The smallest absolute Gasteiger partial charge is 0.303 e. The van der Waals surface area contributed by atoms with Gasteiger partial charge in [-0.25, -0.2) is 0 Å². The fraction of sp³-hybridized carbons (Fsp3) is 0.909. The molecule has 0 aromatic carbocycles. The van der Waals surface area contributed by atoms with Crippen molar-refractivity contribution in [3.63, 3.8) is 0 Å². The molecule has 0 heterocycles. The van der Waals surface area contributed by atoms with Crippen molar-refractivity contribution >= 4 is 5.97 Å². The average Bonchev–Trinajstić information content (AvgIpc) is 2.25. The normalized spacial score (nSPS) is 10.6. The summed E-state index contributed by atoms with van der Waals surface area (Å²) >= 11 is 0. The van der Waals surface area contributed by atoms with E-state index in [1.165, 1.54) is 0 Å². The van der Waals surface area contributed by atoms with Crippen LogP contribution in [0.2, 0.25) is 0 Å². The Balaban J connectivity index is 2.90. The maximum atomic E-state index is 10.2. The molecule has 0 bridgehead atoms. The molecule has 0 aromatic rings. The van der Waals surface area contributed by atoms with Gasteiger partial charge in [-0.3, -0.25) is 4.79 Å². The fourth-order valence-corrected chi connectivity index (χ4v) is 1.22. The van der Waals surface area contributed by atoms with Crippen LogP contribution in [0.5, 0.6) is 0 Å². The van der Waals surface area contributed by atoms with E-state index in [4.69, 9.17) is 14.6 Å². The number of ether oxygens (including phenoxy) is 2. The van der Waals surface area contributed by atoms with Gasteiger partial charge in [0, 0.05) is 20.1 Å². The fourth-order valence-electron chi connectivity index (χ4n) is 1.22. The zero-order valence-corrected chi connectivity index (χ0v) is 10.0. The van der Waals surface area contributed by atoms with Gasteiger partial charge in [-0.05, 0) is 19.4 Å². The maximum absolute atomic E-state index is 10.2. The van der Waals surface area contributed by atoms with E-state index in [0.29, 0.717) is 19.8 Å². The summed E-state index contributed by atoms with van der Waals surface area (Å²) in [4.78, 5) is 10.2. The number of carbonyl (C=O) groups is 1.